The normalized spacial score (nSPS) is 21.1. The Hall–Kier alpha value is -3.12. The molecule has 2 saturated heterocycles. The minimum absolute atomic E-state index is 0.115. The largest absolute Gasteiger partial charge is 0.386 e. The molecular formula is C28H36F2N6O3S. The molecule has 0 saturated carbocycles. The summed E-state index contributed by atoms with van der Waals surface area (Å²) in [6.07, 6.45) is 2.84. The SMILES string of the molecule is CC(C)c1ccc(N2CC(CS(C)(=O)=O)C2)c2cnc(Nc3ccnc(N4CC(C)(C)[C@@H](O)C(F)(F)C4)n3)cc12. The van der Waals surface area contributed by atoms with Gasteiger partial charge in [0, 0.05) is 60.7 Å². The van der Waals surface area contributed by atoms with E-state index in [0.717, 1.165) is 22.0 Å². The van der Waals surface area contributed by atoms with Crippen LogP contribution in [0.5, 0.6) is 0 Å². The Balaban J connectivity index is 1.40. The second-order valence-corrected chi connectivity index (χ2v) is 14.4. The maximum Gasteiger partial charge on any atom is 0.291 e. The van der Waals surface area contributed by atoms with Crippen molar-refractivity contribution in [1.29, 1.82) is 0 Å². The predicted molar refractivity (Wildman–Crippen MR) is 154 cm³/mol. The molecule has 3 aromatic rings. The first-order chi connectivity index (χ1) is 18.6. The molecule has 0 spiro atoms. The first-order valence-corrected chi connectivity index (χ1v) is 15.5. The van der Waals surface area contributed by atoms with E-state index in [2.05, 4.69) is 51.1 Å². The van der Waals surface area contributed by atoms with Crippen LogP contribution < -0.4 is 15.1 Å². The lowest BCUT2D eigenvalue weighted by molar-refractivity contribution is -0.160. The zero-order valence-electron chi connectivity index (χ0n) is 23.4. The third-order valence-corrected chi connectivity index (χ3v) is 8.77. The van der Waals surface area contributed by atoms with E-state index in [1.54, 1.807) is 26.1 Å². The molecule has 2 aromatic heterocycles. The predicted octanol–water partition coefficient (Wildman–Crippen LogP) is 4.22. The van der Waals surface area contributed by atoms with Gasteiger partial charge in [0.25, 0.3) is 5.92 Å². The van der Waals surface area contributed by atoms with Crippen molar-refractivity contribution in [3.05, 3.63) is 42.2 Å². The van der Waals surface area contributed by atoms with Gasteiger partial charge < -0.3 is 20.2 Å². The lowest BCUT2D eigenvalue weighted by atomic mass is 9.79. The van der Waals surface area contributed by atoms with Crippen molar-refractivity contribution in [2.45, 2.75) is 45.6 Å². The number of hydrogen-bond acceptors (Lipinski definition) is 9. The molecule has 2 aliphatic heterocycles. The minimum atomic E-state index is -3.29. The summed E-state index contributed by atoms with van der Waals surface area (Å²) in [6, 6.07) is 7.79. The number of alkyl halides is 2. The number of rotatable bonds is 7. The summed E-state index contributed by atoms with van der Waals surface area (Å²) in [7, 11) is -3.02. The summed E-state index contributed by atoms with van der Waals surface area (Å²) in [6.45, 7) is 8.32. The van der Waals surface area contributed by atoms with Crippen LogP contribution in [-0.2, 0) is 9.84 Å². The van der Waals surface area contributed by atoms with E-state index in [1.807, 2.05) is 6.07 Å². The first kappa shape index (κ1) is 28.4. The van der Waals surface area contributed by atoms with E-state index in [0.29, 0.717) is 24.7 Å². The van der Waals surface area contributed by atoms with Crippen molar-refractivity contribution in [2.75, 3.05) is 53.3 Å². The number of aliphatic hydroxyl groups excluding tert-OH is 1. The second-order valence-electron chi connectivity index (χ2n) is 12.2. The van der Waals surface area contributed by atoms with Gasteiger partial charge >= 0.3 is 0 Å². The molecule has 4 heterocycles. The molecule has 1 aromatic carbocycles. The number of anilines is 4. The van der Waals surface area contributed by atoms with Crippen LogP contribution in [0.1, 0.15) is 39.2 Å². The number of fused-ring (bicyclic) bond motifs is 1. The average molecular weight is 575 g/mol. The number of nitrogens with zero attached hydrogens (tertiary/aromatic N) is 5. The molecule has 0 aliphatic carbocycles. The van der Waals surface area contributed by atoms with Gasteiger partial charge in [-0.1, -0.05) is 33.8 Å². The van der Waals surface area contributed by atoms with Gasteiger partial charge in [0.1, 0.15) is 27.6 Å². The number of piperidine rings is 1. The highest BCUT2D eigenvalue weighted by molar-refractivity contribution is 7.90. The van der Waals surface area contributed by atoms with Crippen LogP contribution in [0.3, 0.4) is 0 Å². The van der Waals surface area contributed by atoms with Crippen molar-refractivity contribution in [1.82, 2.24) is 15.0 Å². The zero-order valence-corrected chi connectivity index (χ0v) is 24.2. The fourth-order valence-corrected chi connectivity index (χ4v) is 6.85. The summed E-state index contributed by atoms with van der Waals surface area (Å²) >= 11 is 0. The number of nitrogens with one attached hydrogen (secondary N) is 1. The Morgan fingerprint density at radius 3 is 2.45 bits per heavy atom. The van der Waals surface area contributed by atoms with E-state index in [9.17, 15) is 22.3 Å². The van der Waals surface area contributed by atoms with Crippen LogP contribution in [0.2, 0.25) is 0 Å². The van der Waals surface area contributed by atoms with Crippen molar-refractivity contribution in [3.63, 3.8) is 0 Å². The topological polar surface area (TPSA) is 112 Å². The van der Waals surface area contributed by atoms with Gasteiger partial charge in [0.15, 0.2) is 0 Å². The van der Waals surface area contributed by atoms with Crippen LogP contribution in [0.15, 0.2) is 36.7 Å². The third-order valence-electron chi connectivity index (χ3n) is 7.69. The van der Waals surface area contributed by atoms with E-state index in [1.165, 1.54) is 17.4 Å². The first-order valence-electron chi connectivity index (χ1n) is 13.4. The van der Waals surface area contributed by atoms with Crippen molar-refractivity contribution < 1.29 is 22.3 Å². The van der Waals surface area contributed by atoms with Crippen LogP contribution in [0.25, 0.3) is 10.8 Å². The molecule has 5 rings (SSSR count). The molecule has 2 N–H and O–H groups in total. The summed E-state index contributed by atoms with van der Waals surface area (Å²) in [5, 5.41) is 15.3. The summed E-state index contributed by atoms with van der Waals surface area (Å²) in [5.74, 6) is -1.62. The number of halogens is 2. The fourth-order valence-electron chi connectivity index (χ4n) is 5.78. The van der Waals surface area contributed by atoms with E-state index in [-0.39, 0.29) is 30.1 Å². The van der Waals surface area contributed by atoms with Gasteiger partial charge in [-0.3, -0.25) is 0 Å². The van der Waals surface area contributed by atoms with Gasteiger partial charge in [-0.15, -0.1) is 0 Å². The van der Waals surface area contributed by atoms with Crippen molar-refractivity contribution in [3.8, 4) is 0 Å². The molecule has 12 heteroatoms. The molecule has 0 unspecified atom stereocenters. The molecule has 0 radical (unpaired) electrons. The molecule has 2 aliphatic rings. The second kappa shape index (κ2) is 10.1. The van der Waals surface area contributed by atoms with Gasteiger partial charge in [-0.2, -0.15) is 4.98 Å². The lowest BCUT2D eigenvalue weighted by Gasteiger charge is -2.45. The highest BCUT2D eigenvalue weighted by atomic mass is 32.2. The number of aliphatic hydroxyl groups is 1. The van der Waals surface area contributed by atoms with Gasteiger partial charge in [-0.25, -0.2) is 27.2 Å². The van der Waals surface area contributed by atoms with Gasteiger partial charge in [-0.05, 0) is 35.1 Å². The van der Waals surface area contributed by atoms with Crippen LogP contribution in [0, 0.1) is 11.3 Å². The molecule has 2 fully saturated rings. The Kier molecular flexibility index (Phi) is 7.14. The fraction of sp³-hybridized carbons (Fsp3) is 0.536. The molecule has 0 amide bonds. The van der Waals surface area contributed by atoms with Gasteiger partial charge in [0.2, 0.25) is 5.95 Å². The van der Waals surface area contributed by atoms with Crippen molar-refractivity contribution in [2.24, 2.45) is 11.3 Å². The third kappa shape index (κ3) is 5.69. The maximum atomic E-state index is 14.5. The number of sulfone groups is 1. The van der Waals surface area contributed by atoms with E-state index >= 15 is 0 Å². The highest BCUT2D eigenvalue weighted by Crippen LogP contribution is 2.40. The number of pyridine rings is 1. The summed E-state index contributed by atoms with van der Waals surface area (Å²) in [4.78, 5) is 16.9. The summed E-state index contributed by atoms with van der Waals surface area (Å²) in [5.41, 5.74) is 1.13. The quantitative estimate of drug-likeness (QED) is 0.429. The Morgan fingerprint density at radius 1 is 1.07 bits per heavy atom. The van der Waals surface area contributed by atoms with E-state index in [4.69, 9.17) is 0 Å². The van der Waals surface area contributed by atoms with Gasteiger partial charge in [0.05, 0.1) is 12.3 Å². The number of aromatic nitrogens is 3. The molecule has 9 nitrogen and oxygen atoms in total. The maximum absolute atomic E-state index is 14.5. The van der Waals surface area contributed by atoms with Crippen molar-refractivity contribution >= 4 is 43.9 Å². The Morgan fingerprint density at radius 2 is 1.80 bits per heavy atom. The average Bonchev–Trinajstić information content (AvgIpc) is 2.83. The van der Waals surface area contributed by atoms with E-state index < -0.39 is 33.8 Å². The zero-order chi connectivity index (χ0) is 29.0. The molecular weight excluding hydrogens is 538 g/mol. The molecule has 216 valence electrons. The van der Waals surface area contributed by atoms with Crippen LogP contribution >= 0.6 is 0 Å². The Labute approximate surface area is 233 Å². The monoisotopic (exact) mass is 574 g/mol. The minimum Gasteiger partial charge on any atom is -0.386 e. The van der Waals surface area contributed by atoms with Crippen LogP contribution in [0.4, 0.5) is 32.1 Å². The molecule has 40 heavy (non-hydrogen) atoms. The molecule has 1 atom stereocenters. The highest BCUT2D eigenvalue weighted by Gasteiger charge is 2.53. The summed E-state index contributed by atoms with van der Waals surface area (Å²) < 4.78 is 52.5. The molecule has 0 bridgehead atoms. The standard InChI is InChI=1S/C28H36F2N6O3S/c1-17(2)19-6-7-22(35-12-18(13-35)14-40(5,38)39)21-11-32-24(10-20(19)21)33-23-8-9-31-26(34-23)36-15-27(3,4)25(37)28(29,30)16-36/h6-11,17-18,25,37H,12-16H2,1-5H3,(H,31,32,33,34)/t25-/m1/s1. The number of benzene rings is 1. The smallest absolute Gasteiger partial charge is 0.291 e. The Bertz CT molecular complexity index is 1510. The number of hydrogen-bond donors (Lipinski definition) is 2. The van der Waals surface area contributed by atoms with Crippen LogP contribution in [-0.4, -0.2) is 78.7 Å². The lowest BCUT2D eigenvalue weighted by Crippen LogP contribution is -2.61.